The van der Waals surface area contributed by atoms with Crippen LogP contribution in [0.2, 0.25) is 5.02 Å². The first-order valence-electron chi connectivity index (χ1n) is 10.9. The van der Waals surface area contributed by atoms with Crippen LogP contribution in [0.3, 0.4) is 0 Å². The lowest BCUT2D eigenvalue weighted by Crippen LogP contribution is -2.33. The Morgan fingerprint density at radius 3 is 2.45 bits per heavy atom. The van der Waals surface area contributed by atoms with Crippen LogP contribution >= 0.6 is 11.6 Å². The molecule has 0 bridgehead atoms. The lowest BCUT2D eigenvalue weighted by molar-refractivity contribution is -0.118. The van der Waals surface area contributed by atoms with Crippen LogP contribution in [-0.4, -0.2) is 30.2 Å². The molecule has 2 N–H and O–H groups in total. The molecule has 1 atom stereocenters. The number of hydrogen-bond donors (Lipinski definition) is 2. The maximum Gasteiger partial charge on any atom is 0.162 e. The summed E-state index contributed by atoms with van der Waals surface area (Å²) in [7, 11) is 3.23. The third-order valence-corrected chi connectivity index (χ3v) is 6.70. The highest BCUT2D eigenvalue weighted by molar-refractivity contribution is 6.30. The topological polar surface area (TPSA) is 76.2 Å². The van der Waals surface area contributed by atoms with Crippen molar-refractivity contribution in [2.45, 2.75) is 32.6 Å². The number of carbonyl (C=O) groups is 1. The van der Waals surface area contributed by atoms with Gasteiger partial charge < -0.3 is 14.8 Å². The maximum absolute atomic E-state index is 13.5. The van der Waals surface area contributed by atoms with E-state index in [0.717, 1.165) is 45.9 Å². The fourth-order valence-electron chi connectivity index (χ4n) is 5.00. The summed E-state index contributed by atoms with van der Waals surface area (Å²) in [5.74, 6) is 1.87. The zero-order chi connectivity index (χ0) is 23.3. The molecule has 0 fully saturated rings. The molecule has 0 saturated carbocycles. The van der Waals surface area contributed by atoms with Gasteiger partial charge in [-0.15, -0.1) is 0 Å². The van der Waals surface area contributed by atoms with E-state index in [-0.39, 0.29) is 17.1 Å². The minimum absolute atomic E-state index is 0.113. The third kappa shape index (κ3) is 3.68. The molecule has 2 heterocycles. The SMILES string of the molecule is COc1ccc(C2C3=C(CC(C)(C)CC3=O)Nc3n[nH]c(-c4ccc(Cl)cc4)c32)cc1OC. The average Bonchev–Trinajstić information content (AvgIpc) is 3.20. The van der Waals surface area contributed by atoms with Gasteiger partial charge in [0.15, 0.2) is 23.1 Å². The van der Waals surface area contributed by atoms with E-state index in [4.69, 9.17) is 21.1 Å². The molecule has 3 aromatic rings. The standard InChI is InChI=1S/C26H26ClN3O3/c1-26(2)12-17-22(18(31)13-26)21(15-7-10-19(32-3)20(11-15)33-4)23-24(29-30-25(23)28-17)14-5-8-16(27)9-6-14/h5-11,21H,12-13H2,1-4H3,(H2,28,29,30). The normalized spacial score (nSPS) is 18.9. The maximum atomic E-state index is 13.5. The number of Topliss-reactive ketones (excluding diaryl/α,β-unsaturated/α-hetero) is 1. The summed E-state index contributed by atoms with van der Waals surface area (Å²) in [6.45, 7) is 4.25. The van der Waals surface area contributed by atoms with Gasteiger partial charge in [0.25, 0.3) is 0 Å². The van der Waals surface area contributed by atoms with Crippen molar-refractivity contribution in [2.24, 2.45) is 5.41 Å². The number of nitrogens with zero attached hydrogens (tertiary/aromatic N) is 1. The predicted octanol–water partition coefficient (Wildman–Crippen LogP) is 5.95. The number of ether oxygens (including phenoxy) is 2. The predicted molar refractivity (Wildman–Crippen MR) is 129 cm³/mol. The molecule has 33 heavy (non-hydrogen) atoms. The van der Waals surface area contributed by atoms with Crippen LogP contribution in [0.25, 0.3) is 11.3 Å². The van der Waals surface area contributed by atoms with Crippen molar-refractivity contribution in [1.29, 1.82) is 0 Å². The Bertz CT molecular complexity index is 1270. The number of halogens is 1. The molecule has 5 rings (SSSR count). The van der Waals surface area contributed by atoms with Crippen LogP contribution in [-0.2, 0) is 4.79 Å². The van der Waals surface area contributed by atoms with Crippen molar-refractivity contribution in [3.05, 3.63) is 69.9 Å². The molecule has 1 aliphatic heterocycles. The molecule has 2 aliphatic rings. The quantitative estimate of drug-likeness (QED) is 0.500. The number of nitrogens with one attached hydrogen (secondary N) is 2. The molecule has 6 nitrogen and oxygen atoms in total. The highest BCUT2D eigenvalue weighted by atomic mass is 35.5. The Kier molecular flexibility index (Phi) is 5.20. The Morgan fingerprint density at radius 2 is 1.76 bits per heavy atom. The van der Waals surface area contributed by atoms with E-state index < -0.39 is 0 Å². The van der Waals surface area contributed by atoms with Crippen LogP contribution < -0.4 is 14.8 Å². The van der Waals surface area contributed by atoms with Crippen molar-refractivity contribution in [2.75, 3.05) is 19.5 Å². The molecule has 1 aromatic heterocycles. The van der Waals surface area contributed by atoms with Gasteiger partial charge in [-0.05, 0) is 41.7 Å². The van der Waals surface area contributed by atoms with E-state index in [1.54, 1.807) is 14.2 Å². The number of allylic oxidation sites excluding steroid dienone is 2. The van der Waals surface area contributed by atoms with E-state index in [2.05, 4.69) is 29.4 Å². The molecule has 170 valence electrons. The summed E-state index contributed by atoms with van der Waals surface area (Å²) in [6.07, 6.45) is 1.28. The number of H-pyrrole nitrogens is 1. The summed E-state index contributed by atoms with van der Waals surface area (Å²) in [4.78, 5) is 13.5. The summed E-state index contributed by atoms with van der Waals surface area (Å²) < 4.78 is 11.0. The number of anilines is 1. The zero-order valence-corrected chi connectivity index (χ0v) is 19.8. The van der Waals surface area contributed by atoms with Crippen LogP contribution in [0.1, 0.15) is 43.7 Å². The number of aromatic amines is 1. The van der Waals surface area contributed by atoms with Crippen molar-refractivity contribution < 1.29 is 14.3 Å². The average molecular weight is 464 g/mol. The highest BCUT2D eigenvalue weighted by Gasteiger charge is 2.43. The van der Waals surface area contributed by atoms with Gasteiger partial charge in [-0.2, -0.15) is 5.10 Å². The van der Waals surface area contributed by atoms with E-state index in [1.165, 1.54) is 0 Å². The molecule has 0 saturated heterocycles. The Morgan fingerprint density at radius 1 is 1.03 bits per heavy atom. The van der Waals surface area contributed by atoms with E-state index in [0.29, 0.717) is 22.9 Å². The summed E-state index contributed by atoms with van der Waals surface area (Å²) >= 11 is 6.12. The smallest absolute Gasteiger partial charge is 0.162 e. The molecule has 7 heteroatoms. The van der Waals surface area contributed by atoms with Gasteiger partial charge in [-0.3, -0.25) is 9.89 Å². The second-order valence-electron chi connectivity index (χ2n) is 9.37. The molecule has 2 aromatic carbocycles. The fraction of sp³-hybridized carbons (Fsp3) is 0.308. The van der Waals surface area contributed by atoms with Crippen LogP contribution in [0.4, 0.5) is 5.82 Å². The van der Waals surface area contributed by atoms with E-state index in [9.17, 15) is 4.79 Å². The summed E-state index contributed by atoms with van der Waals surface area (Å²) in [5, 5.41) is 11.9. The van der Waals surface area contributed by atoms with E-state index >= 15 is 0 Å². The first kappa shape index (κ1) is 21.6. The van der Waals surface area contributed by atoms with Crippen molar-refractivity contribution in [3.63, 3.8) is 0 Å². The van der Waals surface area contributed by atoms with Crippen LogP contribution in [0.5, 0.6) is 11.5 Å². The number of benzene rings is 2. The number of hydrogen-bond acceptors (Lipinski definition) is 5. The lowest BCUT2D eigenvalue weighted by Gasteiger charge is -2.38. The molecule has 0 spiro atoms. The molecule has 0 radical (unpaired) electrons. The van der Waals surface area contributed by atoms with Gasteiger partial charge in [0.05, 0.1) is 19.9 Å². The van der Waals surface area contributed by atoms with Gasteiger partial charge in [-0.1, -0.05) is 43.6 Å². The molecule has 1 unspecified atom stereocenters. The zero-order valence-electron chi connectivity index (χ0n) is 19.1. The monoisotopic (exact) mass is 463 g/mol. The summed E-state index contributed by atoms with van der Waals surface area (Å²) in [5.41, 5.74) is 5.33. The molecular weight excluding hydrogens is 438 g/mol. The van der Waals surface area contributed by atoms with Crippen LogP contribution in [0, 0.1) is 5.41 Å². The number of aromatic nitrogens is 2. The van der Waals surface area contributed by atoms with Crippen LogP contribution in [0.15, 0.2) is 53.7 Å². The lowest BCUT2D eigenvalue weighted by atomic mass is 9.69. The van der Waals surface area contributed by atoms with Crippen molar-refractivity contribution in [3.8, 4) is 22.8 Å². The van der Waals surface area contributed by atoms with E-state index in [1.807, 2.05) is 42.5 Å². The number of rotatable bonds is 4. The highest BCUT2D eigenvalue weighted by Crippen LogP contribution is 2.51. The molecule has 1 aliphatic carbocycles. The molecular formula is C26H26ClN3O3. The number of carbonyl (C=O) groups excluding carboxylic acids is 1. The first-order valence-corrected chi connectivity index (χ1v) is 11.3. The number of methoxy groups -OCH3 is 2. The minimum atomic E-state index is -0.288. The largest absolute Gasteiger partial charge is 0.493 e. The van der Waals surface area contributed by atoms with Gasteiger partial charge in [0.2, 0.25) is 0 Å². The number of fused-ring (bicyclic) bond motifs is 1. The summed E-state index contributed by atoms with van der Waals surface area (Å²) in [6, 6.07) is 13.5. The Labute approximate surface area is 197 Å². The van der Waals surface area contributed by atoms with Crippen molar-refractivity contribution >= 4 is 23.2 Å². The van der Waals surface area contributed by atoms with Gasteiger partial charge in [0, 0.05) is 39.8 Å². The second-order valence-corrected chi connectivity index (χ2v) is 9.81. The van der Waals surface area contributed by atoms with Gasteiger partial charge in [0.1, 0.15) is 0 Å². The second kappa shape index (κ2) is 7.96. The number of ketones is 1. The third-order valence-electron chi connectivity index (χ3n) is 6.44. The Hall–Kier alpha value is -3.25. The Balaban J connectivity index is 1.74. The van der Waals surface area contributed by atoms with Gasteiger partial charge >= 0.3 is 0 Å². The minimum Gasteiger partial charge on any atom is -0.493 e. The van der Waals surface area contributed by atoms with Gasteiger partial charge in [-0.25, -0.2) is 0 Å². The van der Waals surface area contributed by atoms with Crippen molar-refractivity contribution in [1.82, 2.24) is 10.2 Å². The fourth-order valence-corrected chi connectivity index (χ4v) is 5.12. The first-order chi connectivity index (χ1) is 15.8. The molecule has 0 amide bonds.